The van der Waals surface area contributed by atoms with Gasteiger partial charge in [-0.2, -0.15) is 0 Å². The van der Waals surface area contributed by atoms with Crippen LogP contribution in [-0.2, 0) is 5.88 Å². The highest BCUT2D eigenvalue weighted by molar-refractivity contribution is 6.17. The molecule has 0 aliphatic carbocycles. The van der Waals surface area contributed by atoms with Gasteiger partial charge in [0.1, 0.15) is 11.6 Å². The summed E-state index contributed by atoms with van der Waals surface area (Å²) in [6.07, 6.45) is 1.83. The number of hydrogen-bond donors (Lipinski definition) is 0. The lowest BCUT2D eigenvalue weighted by atomic mass is 10.2. The van der Waals surface area contributed by atoms with Crippen molar-refractivity contribution >= 4 is 23.0 Å². The van der Waals surface area contributed by atoms with Gasteiger partial charge in [0.25, 0.3) is 0 Å². The quantitative estimate of drug-likeness (QED) is 0.779. The van der Waals surface area contributed by atoms with Crippen molar-refractivity contribution in [1.82, 2.24) is 9.97 Å². The Labute approximate surface area is 130 Å². The van der Waals surface area contributed by atoms with E-state index in [1.165, 1.54) is 0 Å². The first-order valence-electron chi connectivity index (χ1n) is 6.87. The highest BCUT2D eigenvalue weighted by atomic mass is 35.5. The standard InChI is InChI=1S/C16H20ClN3O/c1-11(2)16-18-10-14(12(9-17)19-16)20(3)13-7-5-6-8-15(13)21-4/h5-8,10-11H,9H2,1-4H3. The zero-order chi connectivity index (χ0) is 15.4. The fourth-order valence-corrected chi connectivity index (χ4v) is 2.32. The minimum absolute atomic E-state index is 0.276. The van der Waals surface area contributed by atoms with E-state index in [1.807, 2.05) is 42.4 Å². The van der Waals surface area contributed by atoms with Crippen LogP contribution < -0.4 is 9.64 Å². The van der Waals surface area contributed by atoms with Crippen LogP contribution >= 0.6 is 11.6 Å². The van der Waals surface area contributed by atoms with Gasteiger partial charge in [-0.25, -0.2) is 9.97 Å². The summed E-state index contributed by atoms with van der Waals surface area (Å²) in [6.45, 7) is 4.13. The fourth-order valence-electron chi connectivity index (χ4n) is 2.12. The molecule has 0 N–H and O–H groups in total. The number of benzene rings is 1. The molecule has 0 radical (unpaired) electrons. The average Bonchev–Trinajstić information content (AvgIpc) is 2.53. The number of anilines is 2. The lowest BCUT2D eigenvalue weighted by Gasteiger charge is -2.23. The molecule has 2 rings (SSSR count). The van der Waals surface area contributed by atoms with E-state index in [9.17, 15) is 0 Å². The summed E-state index contributed by atoms with van der Waals surface area (Å²) in [5, 5.41) is 0. The van der Waals surface area contributed by atoms with Gasteiger partial charge in [0.05, 0.1) is 36.3 Å². The molecule has 0 saturated heterocycles. The molecule has 0 aliphatic rings. The lowest BCUT2D eigenvalue weighted by molar-refractivity contribution is 0.415. The van der Waals surface area contributed by atoms with Crippen molar-refractivity contribution in [3.63, 3.8) is 0 Å². The van der Waals surface area contributed by atoms with E-state index < -0.39 is 0 Å². The van der Waals surface area contributed by atoms with E-state index in [1.54, 1.807) is 7.11 Å². The van der Waals surface area contributed by atoms with Crippen LogP contribution in [0.1, 0.15) is 31.3 Å². The Balaban J connectivity index is 2.45. The van der Waals surface area contributed by atoms with Gasteiger partial charge >= 0.3 is 0 Å². The summed E-state index contributed by atoms with van der Waals surface area (Å²) in [4.78, 5) is 11.0. The zero-order valence-corrected chi connectivity index (χ0v) is 13.6. The van der Waals surface area contributed by atoms with Crippen LogP contribution in [0.15, 0.2) is 30.5 Å². The largest absolute Gasteiger partial charge is 0.495 e. The fraction of sp³-hybridized carbons (Fsp3) is 0.375. The van der Waals surface area contributed by atoms with Crippen molar-refractivity contribution in [2.75, 3.05) is 19.1 Å². The monoisotopic (exact) mass is 305 g/mol. The molecule has 1 aromatic heterocycles. The molecule has 21 heavy (non-hydrogen) atoms. The van der Waals surface area contributed by atoms with Crippen molar-refractivity contribution < 1.29 is 4.74 Å². The van der Waals surface area contributed by atoms with Crippen LogP contribution in [-0.4, -0.2) is 24.1 Å². The predicted molar refractivity (Wildman–Crippen MR) is 86.7 cm³/mol. The van der Waals surface area contributed by atoms with Crippen LogP contribution in [0.5, 0.6) is 5.75 Å². The molecule has 0 amide bonds. The Morgan fingerprint density at radius 1 is 1.24 bits per heavy atom. The van der Waals surface area contributed by atoms with Gasteiger partial charge in [0, 0.05) is 13.0 Å². The second-order valence-electron chi connectivity index (χ2n) is 5.08. The molecule has 2 aromatic rings. The predicted octanol–water partition coefficient (Wildman–Crippen LogP) is 4.12. The van der Waals surface area contributed by atoms with Gasteiger partial charge in [-0.1, -0.05) is 26.0 Å². The summed E-state index contributed by atoms with van der Waals surface area (Å²) in [6, 6.07) is 7.83. The van der Waals surface area contributed by atoms with E-state index >= 15 is 0 Å². The number of aromatic nitrogens is 2. The summed E-state index contributed by atoms with van der Waals surface area (Å²) < 4.78 is 5.41. The van der Waals surface area contributed by atoms with Gasteiger partial charge in [0.2, 0.25) is 0 Å². The van der Waals surface area contributed by atoms with Crippen molar-refractivity contribution in [1.29, 1.82) is 0 Å². The summed E-state index contributed by atoms with van der Waals surface area (Å²) in [5.74, 6) is 2.23. The molecule has 0 fully saturated rings. The molecule has 4 nitrogen and oxygen atoms in total. The molecule has 0 atom stereocenters. The Hall–Kier alpha value is -1.81. The number of ether oxygens (including phenoxy) is 1. The molecule has 0 saturated carbocycles. The van der Waals surface area contributed by atoms with Gasteiger partial charge < -0.3 is 9.64 Å². The normalized spacial score (nSPS) is 10.8. The number of hydrogen-bond acceptors (Lipinski definition) is 4. The molecule has 112 valence electrons. The summed E-state index contributed by atoms with van der Waals surface area (Å²) >= 11 is 6.07. The molecular weight excluding hydrogens is 286 g/mol. The van der Waals surface area contributed by atoms with E-state index in [4.69, 9.17) is 16.3 Å². The molecule has 0 aliphatic heterocycles. The third kappa shape index (κ3) is 3.27. The topological polar surface area (TPSA) is 38.2 Å². The van der Waals surface area contributed by atoms with Gasteiger partial charge in [-0.3, -0.25) is 0 Å². The maximum absolute atomic E-state index is 6.07. The first kappa shape index (κ1) is 15.6. The lowest BCUT2D eigenvalue weighted by Crippen LogP contribution is -2.15. The van der Waals surface area contributed by atoms with Gasteiger partial charge in [0.15, 0.2) is 0 Å². The number of para-hydroxylation sites is 2. The second-order valence-corrected chi connectivity index (χ2v) is 5.35. The van der Waals surface area contributed by atoms with Crippen molar-refractivity contribution in [3.8, 4) is 5.75 Å². The zero-order valence-electron chi connectivity index (χ0n) is 12.8. The first-order valence-corrected chi connectivity index (χ1v) is 7.40. The Kier molecular flexibility index (Phi) is 5.02. The van der Waals surface area contributed by atoms with E-state index in [0.717, 1.165) is 28.6 Å². The van der Waals surface area contributed by atoms with Gasteiger partial charge in [-0.15, -0.1) is 11.6 Å². The molecule has 0 spiro atoms. The van der Waals surface area contributed by atoms with Crippen molar-refractivity contribution in [2.24, 2.45) is 0 Å². The number of methoxy groups -OCH3 is 1. The Bertz CT molecular complexity index is 616. The number of halogens is 1. The molecule has 0 unspecified atom stereocenters. The van der Waals surface area contributed by atoms with E-state index in [-0.39, 0.29) is 5.92 Å². The number of rotatable bonds is 5. The highest BCUT2D eigenvalue weighted by Crippen LogP contribution is 2.33. The van der Waals surface area contributed by atoms with Crippen LogP contribution in [0.25, 0.3) is 0 Å². The molecule has 5 heteroatoms. The van der Waals surface area contributed by atoms with Crippen LogP contribution in [0.3, 0.4) is 0 Å². The van der Waals surface area contributed by atoms with Crippen LogP contribution in [0, 0.1) is 0 Å². The second kappa shape index (κ2) is 6.76. The molecule has 0 bridgehead atoms. The summed E-state index contributed by atoms with van der Waals surface area (Å²) in [5.41, 5.74) is 2.66. The molecule has 1 aromatic carbocycles. The first-order chi connectivity index (χ1) is 10.1. The van der Waals surface area contributed by atoms with Gasteiger partial charge in [-0.05, 0) is 12.1 Å². The Morgan fingerprint density at radius 2 is 1.95 bits per heavy atom. The third-order valence-corrected chi connectivity index (χ3v) is 3.57. The molecular formula is C16H20ClN3O. The van der Waals surface area contributed by atoms with Crippen LogP contribution in [0.4, 0.5) is 11.4 Å². The maximum atomic E-state index is 6.07. The van der Waals surface area contributed by atoms with E-state index in [0.29, 0.717) is 5.88 Å². The van der Waals surface area contributed by atoms with Crippen molar-refractivity contribution in [3.05, 3.63) is 42.0 Å². The average molecular weight is 306 g/mol. The number of nitrogens with zero attached hydrogens (tertiary/aromatic N) is 3. The smallest absolute Gasteiger partial charge is 0.142 e. The van der Waals surface area contributed by atoms with Crippen LogP contribution in [0.2, 0.25) is 0 Å². The van der Waals surface area contributed by atoms with E-state index in [2.05, 4.69) is 23.8 Å². The highest BCUT2D eigenvalue weighted by Gasteiger charge is 2.16. The summed E-state index contributed by atoms with van der Waals surface area (Å²) in [7, 11) is 3.62. The SMILES string of the molecule is COc1ccccc1N(C)c1cnc(C(C)C)nc1CCl. The minimum atomic E-state index is 0.276. The third-order valence-electron chi connectivity index (χ3n) is 3.32. The Morgan fingerprint density at radius 3 is 2.57 bits per heavy atom. The maximum Gasteiger partial charge on any atom is 0.142 e. The minimum Gasteiger partial charge on any atom is -0.495 e. The van der Waals surface area contributed by atoms with Crippen molar-refractivity contribution in [2.45, 2.75) is 25.6 Å². The molecule has 1 heterocycles. The number of alkyl halides is 1.